The number of para-hydroxylation sites is 1. The topological polar surface area (TPSA) is 71.7 Å². The first-order valence-corrected chi connectivity index (χ1v) is 9.35. The maximum Gasteiger partial charge on any atom is 0.261 e. The van der Waals surface area contributed by atoms with Gasteiger partial charge < -0.3 is 19.1 Å². The average Bonchev–Trinajstić information content (AvgIpc) is 3.23. The molecule has 1 aliphatic heterocycles. The van der Waals surface area contributed by atoms with Crippen molar-refractivity contribution in [2.24, 2.45) is 0 Å². The van der Waals surface area contributed by atoms with Crippen LogP contribution in [0.15, 0.2) is 59.1 Å². The Labute approximate surface area is 167 Å². The molecular weight excluding hydrogens is 375 g/mol. The fraction of sp³-hybridized carbons (Fsp3) is 0.286. The van der Waals surface area contributed by atoms with Gasteiger partial charge in [-0.15, -0.1) is 0 Å². The molecule has 150 valence electrons. The van der Waals surface area contributed by atoms with Crippen LogP contribution in [-0.4, -0.2) is 59.1 Å². The van der Waals surface area contributed by atoms with Gasteiger partial charge in [0, 0.05) is 25.2 Å². The number of carbonyl (C=O) groups is 1. The molecule has 1 atom stereocenters. The first kappa shape index (κ1) is 19.1. The van der Waals surface area contributed by atoms with Crippen LogP contribution in [0.4, 0.5) is 4.39 Å². The molecule has 3 aromatic rings. The zero-order valence-corrected chi connectivity index (χ0v) is 16.0. The Morgan fingerprint density at radius 1 is 1.17 bits per heavy atom. The number of ether oxygens (including phenoxy) is 1. The summed E-state index contributed by atoms with van der Waals surface area (Å²) in [6.07, 6.45) is 0. The summed E-state index contributed by atoms with van der Waals surface area (Å²) >= 11 is 0. The highest BCUT2D eigenvalue weighted by Crippen LogP contribution is 2.26. The van der Waals surface area contributed by atoms with E-state index < -0.39 is 0 Å². The number of benzene rings is 2. The van der Waals surface area contributed by atoms with Gasteiger partial charge in [-0.1, -0.05) is 23.4 Å². The number of likely N-dealkylation sites (N-methyl/N-ethyl adjacent to an activating group) is 1. The normalized spacial score (nSPS) is 17.3. The van der Waals surface area contributed by atoms with Crippen LogP contribution in [0, 0.1) is 5.82 Å². The number of hydrogen-bond acceptors (Lipinski definition) is 6. The van der Waals surface area contributed by atoms with Crippen molar-refractivity contribution in [3.05, 3.63) is 66.3 Å². The van der Waals surface area contributed by atoms with Crippen molar-refractivity contribution in [1.29, 1.82) is 0 Å². The number of hydrogen-bond donors (Lipinski definition) is 0. The summed E-state index contributed by atoms with van der Waals surface area (Å²) in [6, 6.07) is 14.7. The van der Waals surface area contributed by atoms with Crippen LogP contribution >= 0.6 is 0 Å². The van der Waals surface area contributed by atoms with Gasteiger partial charge >= 0.3 is 0 Å². The SMILES string of the molecule is CN1CCN(C(=O)COc2ccccc2)[C@@H](c2nc(-c3ccc(F)cc3)no2)C1. The lowest BCUT2D eigenvalue weighted by Crippen LogP contribution is -2.50. The number of aromatic nitrogens is 2. The van der Waals surface area contributed by atoms with Crippen LogP contribution in [0.2, 0.25) is 0 Å². The number of nitrogens with zero attached hydrogens (tertiary/aromatic N) is 4. The lowest BCUT2D eigenvalue weighted by Gasteiger charge is -2.37. The minimum atomic E-state index is -0.373. The van der Waals surface area contributed by atoms with Gasteiger partial charge in [-0.25, -0.2) is 4.39 Å². The maximum absolute atomic E-state index is 13.2. The largest absolute Gasteiger partial charge is 0.484 e. The van der Waals surface area contributed by atoms with Crippen molar-refractivity contribution in [3.8, 4) is 17.1 Å². The lowest BCUT2D eigenvalue weighted by molar-refractivity contribution is -0.139. The van der Waals surface area contributed by atoms with Gasteiger partial charge in [0.25, 0.3) is 11.8 Å². The average molecular weight is 396 g/mol. The molecule has 0 spiro atoms. The van der Waals surface area contributed by atoms with Gasteiger partial charge in [-0.2, -0.15) is 4.98 Å². The fourth-order valence-electron chi connectivity index (χ4n) is 3.26. The zero-order valence-electron chi connectivity index (χ0n) is 16.0. The molecule has 0 N–H and O–H groups in total. The summed E-state index contributed by atoms with van der Waals surface area (Å²) in [6.45, 7) is 1.78. The molecule has 0 radical (unpaired) electrons. The molecule has 1 saturated heterocycles. The minimum absolute atomic E-state index is 0.0663. The van der Waals surface area contributed by atoms with E-state index in [9.17, 15) is 9.18 Å². The molecule has 0 bridgehead atoms. The Balaban J connectivity index is 1.50. The predicted octanol–water partition coefficient (Wildman–Crippen LogP) is 2.77. The highest BCUT2D eigenvalue weighted by atomic mass is 19.1. The number of piperazine rings is 1. The van der Waals surface area contributed by atoms with E-state index in [1.54, 1.807) is 17.0 Å². The first-order chi connectivity index (χ1) is 14.1. The Morgan fingerprint density at radius 2 is 1.93 bits per heavy atom. The van der Waals surface area contributed by atoms with Gasteiger partial charge in [0.1, 0.15) is 17.6 Å². The van der Waals surface area contributed by atoms with Crippen molar-refractivity contribution in [3.63, 3.8) is 0 Å². The molecule has 1 aliphatic rings. The standard InChI is InChI=1S/C21H21FN4O3/c1-25-11-12-26(19(27)14-28-17-5-3-2-4-6-17)18(13-25)21-23-20(24-29-21)15-7-9-16(22)10-8-15/h2-10,18H,11-14H2,1H3/t18-/m1/s1. The summed E-state index contributed by atoms with van der Waals surface area (Å²) in [5, 5.41) is 4.01. The second-order valence-corrected chi connectivity index (χ2v) is 6.93. The molecule has 0 aliphatic carbocycles. The monoisotopic (exact) mass is 396 g/mol. The third kappa shape index (κ3) is 4.43. The summed E-state index contributed by atoms with van der Waals surface area (Å²) in [5.41, 5.74) is 0.649. The van der Waals surface area contributed by atoms with Crippen LogP contribution in [0.5, 0.6) is 5.75 Å². The quantitative estimate of drug-likeness (QED) is 0.660. The van der Waals surface area contributed by atoms with Crippen molar-refractivity contribution < 1.29 is 18.4 Å². The third-order valence-corrected chi connectivity index (χ3v) is 4.84. The van der Waals surface area contributed by atoms with Gasteiger partial charge in [0.2, 0.25) is 5.82 Å². The Morgan fingerprint density at radius 3 is 2.69 bits per heavy atom. The number of carbonyl (C=O) groups excluding carboxylic acids is 1. The van der Waals surface area contributed by atoms with Crippen molar-refractivity contribution in [1.82, 2.24) is 19.9 Å². The van der Waals surface area contributed by atoms with Crippen molar-refractivity contribution in [2.75, 3.05) is 33.3 Å². The highest BCUT2D eigenvalue weighted by Gasteiger charge is 2.34. The van der Waals surface area contributed by atoms with Crippen molar-refractivity contribution in [2.45, 2.75) is 6.04 Å². The molecule has 1 fully saturated rings. The van der Waals surface area contributed by atoms with Gasteiger partial charge in [0.15, 0.2) is 6.61 Å². The molecule has 7 nitrogen and oxygen atoms in total. The molecule has 2 aromatic carbocycles. The van der Waals surface area contributed by atoms with Crippen LogP contribution in [0.1, 0.15) is 11.9 Å². The van der Waals surface area contributed by atoms with Crippen LogP contribution < -0.4 is 4.74 Å². The summed E-state index contributed by atoms with van der Waals surface area (Å²) in [4.78, 5) is 21.1. The summed E-state index contributed by atoms with van der Waals surface area (Å²) < 4.78 is 24.2. The van der Waals surface area contributed by atoms with E-state index in [0.717, 1.165) is 6.54 Å². The number of amides is 1. The minimum Gasteiger partial charge on any atom is -0.484 e. The van der Waals surface area contributed by atoms with Gasteiger partial charge in [-0.05, 0) is 43.4 Å². The Kier molecular flexibility index (Phi) is 5.53. The summed E-state index contributed by atoms with van der Waals surface area (Å²) in [7, 11) is 1.98. The maximum atomic E-state index is 13.2. The van der Waals surface area contributed by atoms with E-state index in [2.05, 4.69) is 15.0 Å². The van der Waals surface area contributed by atoms with E-state index in [-0.39, 0.29) is 24.4 Å². The first-order valence-electron chi connectivity index (χ1n) is 9.35. The molecule has 1 amide bonds. The van der Waals surface area contributed by atoms with E-state index in [1.807, 2.05) is 37.4 Å². The molecular formula is C21H21FN4O3. The molecule has 1 aromatic heterocycles. The smallest absolute Gasteiger partial charge is 0.261 e. The lowest BCUT2D eigenvalue weighted by atomic mass is 10.1. The van der Waals surface area contributed by atoms with Crippen molar-refractivity contribution >= 4 is 5.91 Å². The summed E-state index contributed by atoms with van der Waals surface area (Å²) in [5.74, 6) is 0.878. The van der Waals surface area contributed by atoms with E-state index in [0.29, 0.717) is 36.1 Å². The molecule has 0 unspecified atom stereocenters. The van der Waals surface area contributed by atoms with Crippen LogP contribution in [0.3, 0.4) is 0 Å². The van der Waals surface area contributed by atoms with Gasteiger partial charge in [-0.3, -0.25) is 4.79 Å². The van der Waals surface area contributed by atoms with Crippen LogP contribution in [-0.2, 0) is 4.79 Å². The molecule has 0 saturated carbocycles. The predicted molar refractivity (Wildman–Crippen MR) is 104 cm³/mol. The van der Waals surface area contributed by atoms with Gasteiger partial charge in [0.05, 0.1) is 0 Å². The van der Waals surface area contributed by atoms with Crippen LogP contribution in [0.25, 0.3) is 11.4 Å². The van der Waals surface area contributed by atoms with E-state index in [4.69, 9.17) is 9.26 Å². The molecule has 8 heteroatoms. The van der Waals surface area contributed by atoms with E-state index >= 15 is 0 Å². The van der Waals surface area contributed by atoms with E-state index in [1.165, 1.54) is 12.1 Å². The molecule has 2 heterocycles. The Hall–Kier alpha value is -3.26. The zero-order chi connectivity index (χ0) is 20.2. The second-order valence-electron chi connectivity index (χ2n) is 6.93. The highest BCUT2D eigenvalue weighted by molar-refractivity contribution is 5.78. The second kappa shape index (κ2) is 8.40. The molecule has 29 heavy (non-hydrogen) atoms. The number of rotatable bonds is 5. The Bertz CT molecular complexity index is 962. The fourth-order valence-corrected chi connectivity index (χ4v) is 3.26. The number of halogens is 1. The molecule has 4 rings (SSSR count). The third-order valence-electron chi connectivity index (χ3n) is 4.84.